The molecule has 2 nitrogen and oxygen atoms in total. The van der Waals surface area contributed by atoms with E-state index in [9.17, 15) is 13.6 Å². The van der Waals surface area contributed by atoms with Crippen LogP contribution >= 0.6 is 22.6 Å². The molecule has 14 heavy (non-hydrogen) atoms. The molecule has 0 amide bonds. The van der Waals surface area contributed by atoms with Crippen LogP contribution < -0.4 is 4.74 Å². The van der Waals surface area contributed by atoms with Crippen LogP contribution in [0.3, 0.4) is 0 Å². The van der Waals surface area contributed by atoms with Crippen molar-refractivity contribution < 1.29 is 18.3 Å². The Hall–Kier alpha value is -0.720. The van der Waals surface area contributed by atoms with Gasteiger partial charge in [-0.25, -0.2) is 0 Å². The van der Waals surface area contributed by atoms with Crippen molar-refractivity contribution in [3.05, 3.63) is 27.3 Å². The van der Waals surface area contributed by atoms with Crippen LogP contribution in [0.25, 0.3) is 0 Å². The highest BCUT2D eigenvalue weighted by atomic mass is 127. The molecule has 0 saturated carbocycles. The van der Waals surface area contributed by atoms with Gasteiger partial charge in [-0.2, -0.15) is 8.78 Å². The molecular weight excluding hydrogens is 305 g/mol. The van der Waals surface area contributed by atoms with Gasteiger partial charge in [0.15, 0.2) is 5.78 Å². The standard InChI is InChI=1S/C9H7F2IO2/c1-5(13)6-2-3-7(12)8(4-6)14-9(10)11/h2-4,9H,1H3. The summed E-state index contributed by atoms with van der Waals surface area (Å²) in [5.41, 5.74) is 0.362. The molecule has 1 rings (SSSR count). The van der Waals surface area contributed by atoms with Crippen molar-refractivity contribution in [2.75, 3.05) is 0 Å². The molecule has 76 valence electrons. The number of alkyl halides is 2. The van der Waals surface area contributed by atoms with Gasteiger partial charge in [-0.3, -0.25) is 4.79 Å². The summed E-state index contributed by atoms with van der Waals surface area (Å²) in [6.07, 6.45) is 0. The second-order valence-corrected chi connectivity index (χ2v) is 3.74. The summed E-state index contributed by atoms with van der Waals surface area (Å²) < 4.78 is 28.6. The summed E-state index contributed by atoms with van der Waals surface area (Å²) in [4.78, 5) is 10.9. The van der Waals surface area contributed by atoms with Gasteiger partial charge in [0.25, 0.3) is 0 Å². The van der Waals surface area contributed by atoms with Gasteiger partial charge in [-0.1, -0.05) is 6.07 Å². The molecule has 0 heterocycles. The van der Waals surface area contributed by atoms with E-state index in [1.807, 2.05) is 22.6 Å². The monoisotopic (exact) mass is 312 g/mol. The van der Waals surface area contributed by atoms with E-state index in [-0.39, 0.29) is 11.5 Å². The van der Waals surface area contributed by atoms with Crippen molar-refractivity contribution in [2.24, 2.45) is 0 Å². The maximum Gasteiger partial charge on any atom is 0.387 e. The zero-order chi connectivity index (χ0) is 10.7. The lowest BCUT2D eigenvalue weighted by Gasteiger charge is -2.07. The van der Waals surface area contributed by atoms with Crippen LogP contribution in [-0.4, -0.2) is 12.4 Å². The van der Waals surface area contributed by atoms with Gasteiger partial charge >= 0.3 is 6.61 Å². The minimum Gasteiger partial charge on any atom is -0.434 e. The van der Waals surface area contributed by atoms with Crippen molar-refractivity contribution in [1.82, 2.24) is 0 Å². The molecule has 0 atom stereocenters. The lowest BCUT2D eigenvalue weighted by atomic mass is 10.1. The van der Waals surface area contributed by atoms with Crippen LogP contribution in [0.1, 0.15) is 17.3 Å². The largest absolute Gasteiger partial charge is 0.434 e. The van der Waals surface area contributed by atoms with E-state index in [1.54, 1.807) is 12.1 Å². The maximum atomic E-state index is 11.9. The third-order valence-corrected chi connectivity index (χ3v) is 2.44. The molecule has 0 radical (unpaired) electrons. The molecule has 0 N–H and O–H groups in total. The number of hydrogen-bond donors (Lipinski definition) is 0. The summed E-state index contributed by atoms with van der Waals surface area (Å²) in [6, 6.07) is 4.45. The average Bonchev–Trinajstić information content (AvgIpc) is 2.07. The Kier molecular flexibility index (Phi) is 3.79. The number of carbonyl (C=O) groups excluding carboxylic acids is 1. The maximum absolute atomic E-state index is 11.9. The zero-order valence-corrected chi connectivity index (χ0v) is 9.42. The van der Waals surface area contributed by atoms with Gasteiger partial charge in [0, 0.05) is 5.56 Å². The summed E-state index contributed by atoms with van der Waals surface area (Å²) in [5, 5.41) is 0. The van der Waals surface area contributed by atoms with Crippen molar-refractivity contribution in [3.63, 3.8) is 0 Å². The topological polar surface area (TPSA) is 26.3 Å². The first-order valence-corrected chi connectivity index (χ1v) is 4.84. The molecule has 0 bridgehead atoms. The molecule has 5 heteroatoms. The Morgan fingerprint density at radius 3 is 2.64 bits per heavy atom. The molecule has 0 fully saturated rings. The van der Waals surface area contributed by atoms with Gasteiger partial charge in [-0.05, 0) is 41.6 Å². The Labute approximate surface area is 93.4 Å². The second kappa shape index (κ2) is 4.68. The first-order chi connectivity index (χ1) is 6.50. The summed E-state index contributed by atoms with van der Waals surface area (Å²) in [6.45, 7) is -1.50. The zero-order valence-electron chi connectivity index (χ0n) is 7.26. The van der Waals surface area contributed by atoms with Crippen LogP contribution in [0.4, 0.5) is 8.78 Å². The van der Waals surface area contributed by atoms with Gasteiger partial charge < -0.3 is 4.74 Å². The van der Waals surface area contributed by atoms with Crippen molar-refractivity contribution in [2.45, 2.75) is 13.5 Å². The normalized spacial score (nSPS) is 10.4. The first-order valence-electron chi connectivity index (χ1n) is 3.76. The summed E-state index contributed by atoms with van der Waals surface area (Å²) >= 11 is 1.86. The molecule has 0 aliphatic carbocycles. The van der Waals surface area contributed by atoms with E-state index in [0.717, 1.165) is 0 Å². The van der Waals surface area contributed by atoms with Crippen LogP contribution in [0.2, 0.25) is 0 Å². The SMILES string of the molecule is CC(=O)c1ccc(I)c(OC(F)F)c1. The predicted octanol–water partition coefficient (Wildman–Crippen LogP) is 3.10. The number of benzene rings is 1. The molecule has 0 spiro atoms. The fourth-order valence-electron chi connectivity index (χ4n) is 0.909. The smallest absolute Gasteiger partial charge is 0.387 e. The number of Topliss-reactive ketones (excluding diaryl/α,β-unsaturated/α-hetero) is 1. The number of carbonyl (C=O) groups is 1. The molecule has 0 saturated heterocycles. The molecule has 0 aliphatic heterocycles. The fourth-order valence-corrected chi connectivity index (χ4v) is 1.37. The Morgan fingerprint density at radius 2 is 2.14 bits per heavy atom. The number of rotatable bonds is 3. The van der Waals surface area contributed by atoms with Crippen molar-refractivity contribution in [3.8, 4) is 5.75 Å². The Balaban J connectivity index is 3.02. The van der Waals surface area contributed by atoms with Crippen LogP contribution in [-0.2, 0) is 0 Å². The lowest BCUT2D eigenvalue weighted by molar-refractivity contribution is -0.0504. The quantitative estimate of drug-likeness (QED) is 0.633. The third-order valence-electron chi connectivity index (χ3n) is 1.55. The Bertz CT molecular complexity index is 353. The lowest BCUT2D eigenvalue weighted by Crippen LogP contribution is -2.04. The summed E-state index contributed by atoms with van der Waals surface area (Å²) in [5.74, 6) is -0.145. The molecule has 0 aliphatic rings. The third kappa shape index (κ3) is 2.90. The highest BCUT2D eigenvalue weighted by Gasteiger charge is 2.10. The summed E-state index contributed by atoms with van der Waals surface area (Å²) in [7, 11) is 0. The highest BCUT2D eigenvalue weighted by Crippen LogP contribution is 2.24. The average molecular weight is 312 g/mol. The van der Waals surface area contributed by atoms with Gasteiger partial charge in [0.2, 0.25) is 0 Å². The number of ether oxygens (including phenoxy) is 1. The molecular formula is C9H7F2IO2. The van der Waals surface area contributed by atoms with Crippen LogP contribution in [0.5, 0.6) is 5.75 Å². The van der Waals surface area contributed by atoms with E-state index >= 15 is 0 Å². The molecule has 0 unspecified atom stereocenters. The fraction of sp³-hybridized carbons (Fsp3) is 0.222. The van der Waals surface area contributed by atoms with Crippen LogP contribution in [0, 0.1) is 3.57 Å². The van der Waals surface area contributed by atoms with E-state index in [0.29, 0.717) is 9.13 Å². The number of ketones is 1. The number of hydrogen-bond acceptors (Lipinski definition) is 2. The van der Waals surface area contributed by atoms with E-state index < -0.39 is 6.61 Å². The molecule has 1 aromatic carbocycles. The van der Waals surface area contributed by atoms with E-state index in [2.05, 4.69) is 4.74 Å². The minimum atomic E-state index is -2.87. The minimum absolute atomic E-state index is 0.0355. The van der Waals surface area contributed by atoms with Crippen LogP contribution in [0.15, 0.2) is 18.2 Å². The first kappa shape index (κ1) is 11.4. The second-order valence-electron chi connectivity index (χ2n) is 2.58. The van der Waals surface area contributed by atoms with Crippen molar-refractivity contribution >= 4 is 28.4 Å². The highest BCUT2D eigenvalue weighted by molar-refractivity contribution is 14.1. The van der Waals surface area contributed by atoms with Gasteiger partial charge in [0.1, 0.15) is 5.75 Å². The Morgan fingerprint density at radius 1 is 1.50 bits per heavy atom. The van der Waals surface area contributed by atoms with Gasteiger partial charge in [-0.15, -0.1) is 0 Å². The van der Waals surface area contributed by atoms with Gasteiger partial charge in [0.05, 0.1) is 3.57 Å². The molecule has 0 aromatic heterocycles. The van der Waals surface area contributed by atoms with E-state index in [1.165, 1.54) is 13.0 Å². The van der Waals surface area contributed by atoms with E-state index in [4.69, 9.17) is 0 Å². The predicted molar refractivity (Wildman–Crippen MR) is 55.8 cm³/mol. The van der Waals surface area contributed by atoms with Crippen molar-refractivity contribution in [1.29, 1.82) is 0 Å². The number of halogens is 3. The molecule has 1 aromatic rings.